The monoisotopic (exact) mass is 413 g/mol. The maximum absolute atomic E-state index is 12.5. The summed E-state index contributed by atoms with van der Waals surface area (Å²) in [5, 5.41) is 13.4. The van der Waals surface area contributed by atoms with Crippen LogP contribution >= 0.6 is 11.8 Å². The van der Waals surface area contributed by atoms with E-state index in [4.69, 9.17) is 0 Å². The van der Waals surface area contributed by atoms with Crippen LogP contribution < -0.4 is 5.32 Å². The van der Waals surface area contributed by atoms with Crippen LogP contribution in [0.3, 0.4) is 0 Å². The summed E-state index contributed by atoms with van der Waals surface area (Å²) in [4.78, 5) is 26.1. The third-order valence-corrected chi connectivity index (χ3v) is 6.21. The Morgan fingerprint density at radius 1 is 1.24 bits per heavy atom. The van der Waals surface area contributed by atoms with E-state index < -0.39 is 4.92 Å². The third kappa shape index (κ3) is 6.30. The molecule has 2 atom stereocenters. The number of rotatable bonds is 7. The lowest BCUT2D eigenvalue weighted by Gasteiger charge is -2.30. The Labute approximate surface area is 175 Å². The van der Waals surface area contributed by atoms with Crippen LogP contribution in [0.2, 0.25) is 0 Å². The summed E-state index contributed by atoms with van der Waals surface area (Å²) in [7, 11) is 0. The lowest BCUT2D eigenvalue weighted by Crippen LogP contribution is -2.33. The maximum Gasteiger partial charge on any atom is 0.269 e. The number of nitrogens with one attached hydrogen (secondary N) is 1. The minimum absolute atomic E-state index is 0.0468. The number of piperidine rings is 1. The topological polar surface area (TPSA) is 75.5 Å². The Bertz CT molecular complexity index is 839. The Hall–Kier alpha value is -2.38. The highest BCUT2D eigenvalue weighted by molar-refractivity contribution is 8.00. The van der Waals surface area contributed by atoms with Crippen molar-refractivity contribution in [2.45, 2.75) is 43.4 Å². The molecule has 154 valence electrons. The van der Waals surface area contributed by atoms with Gasteiger partial charge in [0.1, 0.15) is 0 Å². The molecule has 2 aromatic rings. The van der Waals surface area contributed by atoms with E-state index in [1.807, 2.05) is 19.1 Å². The van der Waals surface area contributed by atoms with E-state index in [9.17, 15) is 14.9 Å². The molecule has 0 saturated carbocycles. The van der Waals surface area contributed by atoms with Crippen molar-refractivity contribution in [2.24, 2.45) is 5.92 Å². The smallest absolute Gasteiger partial charge is 0.269 e. The zero-order valence-corrected chi connectivity index (χ0v) is 17.7. The normalized spacial score (nSPS) is 18.2. The predicted molar refractivity (Wildman–Crippen MR) is 117 cm³/mol. The number of amides is 1. The molecule has 1 heterocycles. The highest BCUT2D eigenvalue weighted by Gasteiger charge is 2.17. The molecule has 0 bridgehead atoms. The second kappa shape index (κ2) is 9.89. The van der Waals surface area contributed by atoms with Crippen LogP contribution in [0.25, 0.3) is 0 Å². The van der Waals surface area contributed by atoms with Crippen molar-refractivity contribution in [1.82, 2.24) is 4.90 Å². The fourth-order valence-corrected chi connectivity index (χ4v) is 4.40. The first-order valence-corrected chi connectivity index (χ1v) is 10.8. The molecular weight excluding hydrogens is 386 g/mol. The molecule has 29 heavy (non-hydrogen) atoms. The van der Waals surface area contributed by atoms with Crippen molar-refractivity contribution in [3.63, 3.8) is 0 Å². The van der Waals surface area contributed by atoms with Gasteiger partial charge in [-0.25, -0.2) is 0 Å². The van der Waals surface area contributed by atoms with Gasteiger partial charge in [0.15, 0.2) is 0 Å². The number of benzene rings is 2. The standard InChI is InChI=1S/C22H27N3O3S/c1-16-4-3-13-24(14-16)15-18-5-7-19(8-6-18)23-22(26)17(2)29-21-11-9-20(10-12-21)25(27)28/h5-12,16-17H,3-4,13-15H2,1-2H3,(H,23,26). The Kier molecular flexibility index (Phi) is 7.28. The zero-order chi connectivity index (χ0) is 20.8. The van der Waals surface area contributed by atoms with Gasteiger partial charge >= 0.3 is 0 Å². The molecular formula is C22H27N3O3S. The van der Waals surface area contributed by atoms with Crippen LogP contribution in [0, 0.1) is 16.0 Å². The number of nitro groups is 1. The molecule has 6 nitrogen and oxygen atoms in total. The summed E-state index contributed by atoms with van der Waals surface area (Å²) in [5.41, 5.74) is 2.08. The molecule has 1 aliphatic heterocycles. The Morgan fingerprint density at radius 2 is 1.93 bits per heavy atom. The average molecular weight is 414 g/mol. The minimum Gasteiger partial charge on any atom is -0.325 e. The number of carbonyl (C=O) groups excluding carboxylic acids is 1. The average Bonchev–Trinajstić information content (AvgIpc) is 2.70. The number of anilines is 1. The number of nitro benzene ring substituents is 1. The quantitative estimate of drug-likeness (QED) is 0.395. The van der Waals surface area contributed by atoms with Gasteiger partial charge in [-0.2, -0.15) is 0 Å². The lowest BCUT2D eigenvalue weighted by atomic mass is 10.00. The molecule has 0 radical (unpaired) electrons. The Morgan fingerprint density at radius 3 is 2.55 bits per heavy atom. The molecule has 3 rings (SSSR count). The van der Waals surface area contributed by atoms with Crippen molar-refractivity contribution in [3.8, 4) is 0 Å². The van der Waals surface area contributed by atoms with Gasteiger partial charge in [-0.15, -0.1) is 11.8 Å². The molecule has 0 spiro atoms. The summed E-state index contributed by atoms with van der Waals surface area (Å²) < 4.78 is 0. The van der Waals surface area contributed by atoms with E-state index in [1.54, 1.807) is 12.1 Å². The molecule has 1 N–H and O–H groups in total. The van der Waals surface area contributed by atoms with Crippen molar-refractivity contribution in [3.05, 3.63) is 64.2 Å². The van der Waals surface area contributed by atoms with Crippen molar-refractivity contribution >= 4 is 29.0 Å². The summed E-state index contributed by atoms with van der Waals surface area (Å²) in [6, 6.07) is 14.3. The second-order valence-electron chi connectivity index (χ2n) is 7.68. The van der Waals surface area contributed by atoms with Crippen LogP contribution in [-0.2, 0) is 11.3 Å². The van der Waals surface area contributed by atoms with Gasteiger partial charge in [0.05, 0.1) is 10.2 Å². The van der Waals surface area contributed by atoms with Crippen molar-refractivity contribution in [1.29, 1.82) is 0 Å². The van der Waals surface area contributed by atoms with E-state index in [0.717, 1.165) is 36.1 Å². The first-order chi connectivity index (χ1) is 13.9. The number of hydrogen-bond donors (Lipinski definition) is 1. The predicted octanol–water partition coefficient (Wildman–Crippen LogP) is 4.95. The van der Waals surface area contributed by atoms with E-state index in [0.29, 0.717) is 0 Å². The number of carbonyl (C=O) groups is 1. The van der Waals surface area contributed by atoms with Gasteiger partial charge in [0.25, 0.3) is 5.69 Å². The molecule has 1 fully saturated rings. The van der Waals surface area contributed by atoms with Gasteiger partial charge in [0.2, 0.25) is 5.91 Å². The van der Waals surface area contributed by atoms with E-state index >= 15 is 0 Å². The largest absolute Gasteiger partial charge is 0.325 e. The summed E-state index contributed by atoms with van der Waals surface area (Å²) in [6.07, 6.45) is 2.58. The van der Waals surface area contributed by atoms with E-state index in [2.05, 4.69) is 29.3 Å². The van der Waals surface area contributed by atoms with E-state index in [-0.39, 0.29) is 16.8 Å². The zero-order valence-electron chi connectivity index (χ0n) is 16.8. The molecule has 0 aliphatic carbocycles. The molecule has 2 aromatic carbocycles. The summed E-state index contributed by atoms with van der Waals surface area (Å²) in [5.74, 6) is 0.669. The van der Waals surface area contributed by atoms with Gasteiger partial charge in [-0.3, -0.25) is 19.8 Å². The highest BCUT2D eigenvalue weighted by atomic mass is 32.2. The first kappa shape index (κ1) is 21.3. The number of nitrogens with zero attached hydrogens (tertiary/aromatic N) is 2. The SMILES string of the molecule is CC1CCCN(Cc2ccc(NC(=O)C(C)Sc3ccc([N+](=O)[O-])cc3)cc2)C1. The molecule has 7 heteroatoms. The van der Waals surface area contributed by atoms with Crippen molar-refractivity contribution < 1.29 is 9.72 Å². The van der Waals surface area contributed by atoms with E-state index in [1.165, 1.54) is 42.3 Å². The van der Waals surface area contributed by atoms with Crippen LogP contribution in [-0.4, -0.2) is 34.1 Å². The molecule has 1 aliphatic rings. The first-order valence-electron chi connectivity index (χ1n) is 9.94. The fourth-order valence-electron chi connectivity index (χ4n) is 3.53. The number of non-ortho nitro benzene ring substituents is 1. The molecule has 0 aromatic heterocycles. The van der Waals surface area contributed by atoms with Crippen LogP contribution in [0.4, 0.5) is 11.4 Å². The number of thioether (sulfide) groups is 1. The summed E-state index contributed by atoms with van der Waals surface area (Å²) in [6.45, 7) is 7.38. The van der Waals surface area contributed by atoms with Gasteiger partial charge in [0, 0.05) is 35.8 Å². The third-order valence-electron chi connectivity index (χ3n) is 5.10. The molecule has 1 saturated heterocycles. The lowest BCUT2D eigenvalue weighted by molar-refractivity contribution is -0.384. The summed E-state index contributed by atoms with van der Waals surface area (Å²) >= 11 is 1.38. The van der Waals surface area contributed by atoms with Gasteiger partial charge in [-0.1, -0.05) is 19.1 Å². The molecule has 2 unspecified atom stereocenters. The van der Waals surface area contributed by atoms with Gasteiger partial charge < -0.3 is 5.32 Å². The Balaban J connectivity index is 1.51. The van der Waals surface area contributed by atoms with Crippen LogP contribution in [0.1, 0.15) is 32.3 Å². The number of hydrogen-bond acceptors (Lipinski definition) is 5. The minimum atomic E-state index is -0.430. The fraction of sp³-hybridized carbons (Fsp3) is 0.409. The van der Waals surface area contributed by atoms with Gasteiger partial charge in [-0.05, 0) is 62.1 Å². The highest BCUT2D eigenvalue weighted by Crippen LogP contribution is 2.26. The maximum atomic E-state index is 12.5. The second-order valence-corrected chi connectivity index (χ2v) is 9.09. The van der Waals surface area contributed by atoms with Crippen LogP contribution in [0.5, 0.6) is 0 Å². The van der Waals surface area contributed by atoms with Crippen LogP contribution in [0.15, 0.2) is 53.4 Å². The van der Waals surface area contributed by atoms with Crippen molar-refractivity contribution in [2.75, 3.05) is 18.4 Å². The molecule has 1 amide bonds. The number of likely N-dealkylation sites (tertiary alicyclic amines) is 1.